The molecule has 1 aliphatic heterocycles. The van der Waals surface area contributed by atoms with Crippen molar-refractivity contribution in [1.29, 1.82) is 0 Å². The largest absolute Gasteiger partial charge is 0.493 e. The highest BCUT2D eigenvalue weighted by atomic mass is 19.1. The minimum Gasteiger partial charge on any atom is -0.493 e. The average molecular weight is 368 g/mol. The Morgan fingerprint density at radius 2 is 1.81 bits per heavy atom. The fourth-order valence-electron chi connectivity index (χ4n) is 2.60. The molecule has 1 aliphatic rings. The van der Waals surface area contributed by atoms with Crippen LogP contribution >= 0.6 is 0 Å². The van der Waals surface area contributed by atoms with Crippen molar-refractivity contribution in [2.75, 3.05) is 6.61 Å². The number of benzene rings is 2. The maximum absolute atomic E-state index is 13.8. The Balaban J connectivity index is 1.71. The topological polar surface area (TPSA) is 58.6 Å². The van der Waals surface area contributed by atoms with Gasteiger partial charge in [0.15, 0.2) is 0 Å². The Hall–Kier alpha value is -3.15. The molecule has 1 heterocycles. The van der Waals surface area contributed by atoms with Gasteiger partial charge in [0, 0.05) is 5.56 Å². The first-order chi connectivity index (χ1) is 12.9. The zero-order valence-electron chi connectivity index (χ0n) is 15.2. The van der Waals surface area contributed by atoms with E-state index in [2.05, 4.69) is 19.2 Å². The van der Waals surface area contributed by atoms with Gasteiger partial charge in [0.25, 0.3) is 5.91 Å². The molecule has 3 amide bonds. The van der Waals surface area contributed by atoms with E-state index < -0.39 is 17.8 Å². The number of hydrogen-bond acceptors (Lipinski definition) is 3. The third-order valence-corrected chi connectivity index (χ3v) is 4.02. The van der Waals surface area contributed by atoms with Gasteiger partial charge < -0.3 is 10.1 Å². The molecule has 0 saturated carbocycles. The minimum atomic E-state index is -0.564. The van der Waals surface area contributed by atoms with E-state index in [4.69, 9.17) is 4.74 Å². The van der Waals surface area contributed by atoms with Crippen LogP contribution in [0.2, 0.25) is 0 Å². The Morgan fingerprint density at radius 1 is 1.11 bits per heavy atom. The molecule has 0 bridgehead atoms. The number of carbonyl (C=O) groups is 2. The van der Waals surface area contributed by atoms with Gasteiger partial charge in [0.1, 0.15) is 17.3 Å². The highest BCUT2D eigenvalue weighted by Crippen LogP contribution is 2.20. The predicted octanol–water partition coefficient (Wildman–Crippen LogP) is 3.95. The molecule has 0 aliphatic carbocycles. The van der Waals surface area contributed by atoms with E-state index in [0.29, 0.717) is 12.5 Å². The normalized spacial score (nSPS) is 15.6. The van der Waals surface area contributed by atoms with E-state index in [-0.39, 0.29) is 17.8 Å². The zero-order chi connectivity index (χ0) is 19.4. The number of halogens is 1. The molecule has 0 radical (unpaired) electrons. The second-order valence-corrected chi connectivity index (χ2v) is 6.74. The van der Waals surface area contributed by atoms with Crippen molar-refractivity contribution in [3.63, 3.8) is 0 Å². The predicted molar refractivity (Wildman–Crippen MR) is 100 cm³/mol. The van der Waals surface area contributed by atoms with Gasteiger partial charge in [-0.25, -0.2) is 9.18 Å². The van der Waals surface area contributed by atoms with Crippen LogP contribution in [0.15, 0.2) is 54.2 Å². The Labute approximate surface area is 157 Å². The summed E-state index contributed by atoms with van der Waals surface area (Å²) < 4.78 is 19.4. The third-order valence-electron chi connectivity index (χ3n) is 4.02. The third kappa shape index (κ3) is 4.53. The first-order valence-corrected chi connectivity index (χ1v) is 8.75. The van der Waals surface area contributed by atoms with Gasteiger partial charge in [-0.15, -0.1) is 0 Å². The van der Waals surface area contributed by atoms with Gasteiger partial charge >= 0.3 is 6.03 Å². The van der Waals surface area contributed by atoms with Crippen LogP contribution in [-0.2, 0) is 11.3 Å². The van der Waals surface area contributed by atoms with Crippen molar-refractivity contribution >= 4 is 18.0 Å². The molecule has 27 heavy (non-hydrogen) atoms. The van der Waals surface area contributed by atoms with Gasteiger partial charge in [-0.05, 0) is 35.8 Å². The smallest absolute Gasteiger partial charge is 0.329 e. The summed E-state index contributed by atoms with van der Waals surface area (Å²) in [5.41, 5.74) is 1.20. The van der Waals surface area contributed by atoms with Crippen molar-refractivity contribution in [3.05, 3.63) is 71.2 Å². The molecule has 1 fully saturated rings. The molecular weight excluding hydrogens is 347 g/mol. The van der Waals surface area contributed by atoms with E-state index in [1.54, 1.807) is 24.3 Å². The monoisotopic (exact) mass is 368 g/mol. The lowest BCUT2D eigenvalue weighted by Crippen LogP contribution is -2.30. The number of ether oxygens (including phenoxy) is 1. The number of amides is 3. The van der Waals surface area contributed by atoms with Crippen LogP contribution in [0.1, 0.15) is 25.0 Å². The summed E-state index contributed by atoms with van der Waals surface area (Å²) in [6.07, 6.45) is 1.59. The van der Waals surface area contributed by atoms with Gasteiger partial charge in [0.2, 0.25) is 0 Å². The van der Waals surface area contributed by atoms with Crippen molar-refractivity contribution in [1.82, 2.24) is 10.2 Å². The van der Waals surface area contributed by atoms with Crippen molar-refractivity contribution < 1.29 is 18.7 Å². The molecule has 0 atom stereocenters. The van der Waals surface area contributed by atoms with E-state index >= 15 is 0 Å². The molecule has 1 saturated heterocycles. The summed E-state index contributed by atoms with van der Waals surface area (Å²) in [7, 11) is 0. The Kier molecular flexibility index (Phi) is 5.54. The molecule has 1 N–H and O–H groups in total. The molecule has 0 aromatic heterocycles. The molecule has 6 heteroatoms. The van der Waals surface area contributed by atoms with Gasteiger partial charge in [0.05, 0.1) is 13.2 Å². The molecular formula is C21H21FN2O3. The number of carbonyl (C=O) groups excluding carboxylic acids is 2. The lowest BCUT2D eigenvalue weighted by molar-refractivity contribution is -0.123. The number of hydrogen-bond donors (Lipinski definition) is 1. The van der Waals surface area contributed by atoms with Crippen LogP contribution in [0.3, 0.4) is 0 Å². The molecule has 140 valence electrons. The van der Waals surface area contributed by atoms with Crippen LogP contribution < -0.4 is 10.1 Å². The first kappa shape index (κ1) is 18.6. The fraction of sp³-hybridized carbons (Fsp3) is 0.238. The van der Waals surface area contributed by atoms with Crippen LogP contribution in [0.4, 0.5) is 9.18 Å². The lowest BCUT2D eigenvalue weighted by Gasteiger charge is -2.12. The summed E-state index contributed by atoms with van der Waals surface area (Å²) in [4.78, 5) is 25.6. The zero-order valence-corrected chi connectivity index (χ0v) is 15.2. The van der Waals surface area contributed by atoms with Crippen LogP contribution in [0.25, 0.3) is 6.08 Å². The summed E-state index contributed by atoms with van der Waals surface area (Å²) in [5, 5.41) is 2.54. The fourth-order valence-corrected chi connectivity index (χ4v) is 2.60. The quantitative estimate of drug-likeness (QED) is 0.620. The number of urea groups is 1. The Bertz CT molecular complexity index is 875. The molecule has 2 aromatic carbocycles. The number of nitrogens with zero attached hydrogens (tertiary/aromatic N) is 1. The molecule has 0 unspecified atom stereocenters. The number of imide groups is 1. The van der Waals surface area contributed by atoms with Crippen LogP contribution in [0.5, 0.6) is 5.75 Å². The Morgan fingerprint density at radius 3 is 2.48 bits per heavy atom. The second-order valence-electron chi connectivity index (χ2n) is 6.74. The summed E-state index contributed by atoms with van der Waals surface area (Å²) in [6, 6.07) is 12.7. The van der Waals surface area contributed by atoms with Crippen molar-refractivity contribution in [2.45, 2.75) is 20.4 Å². The molecule has 3 rings (SSSR count). The minimum absolute atomic E-state index is 0.114. The van der Waals surface area contributed by atoms with Gasteiger partial charge in [-0.3, -0.25) is 9.69 Å². The summed E-state index contributed by atoms with van der Waals surface area (Å²) in [6.45, 7) is 4.65. The van der Waals surface area contributed by atoms with Gasteiger partial charge in [-0.1, -0.05) is 44.2 Å². The lowest BCUT2D eigenvalue weighted by atomic mass is 10.1. The highest BCUT2D eigenvalue weighted by Gasteiger charge is 2.33. The van der Waals surface area contributed by atoms with E-state index in [1.807, 2.05) is 24.3 Å². The maximum Gasteiger partial charge on any atom is 0.329 e. The highest BCUT2D eigenvalue weighted by molar-refractivity contribution is 6.13. The number of rotatable bonds is 6. The number of nitrogens with one attached hydrogen (secondary N) is 1. The summed E-state index contributed by atoms with van der Waals surface area (Å²) >= 11 is 0. The molecule has 0 spiro atoms. The van der Waals surface area contributed by atoms with Crippen molar-refractivity contribution in [3.8, 4) is 5.75 Å². The van der Waals surface area contributed by atoms with E-state index in [9.17, 15) is 14.0 Å². The van der Waals surface area contributed by atoms with Crippen molar-refractivity contribution in [2.24, 2.45) is 5.92 Å². The van der Waals surface area contributed by atoms with E-state index in [1.165, 1.54) is 6.07 Å². The maximum atomic E-state index is 13.8. The molecule has 2 aromatic rings. The van der Waals surface area contributed by atoms with E-state index in [0.717, 1.165) is 16.2 Å². The first-order valence-electron chi connectivity index (χ1n) is 8.75. The van der Waals surface area contributed by atoms with Crippen LogP contribution in [-0.4, -0.2) is 23.4 Å². The average Bonchev–Trinajstić information content (AvgIpc) is 2.90. The molecule has 5 nitrogen and oxygen atoms in total. The summed E-state index contributed by atoms with van der Waals surface area (Å²) in [5.74, 6) is 0.239. The second kappa shape index (κ2) is 8.03. The standard InChI is InChI=1S/C21H21FN2O3/c1-14(2)13-27-17-9-7-15(8-10-17)11-19-20(25)24(21(26)23-19)12-16-5-3-4-6-18(16)22/h3-11,14H,12-13H2,1-2H3,(H,23,26). The van der Waals surface area contributed by atoms with Gasteiger partial charge in [-0.2, -0.15) is 0 Å². The van der Waals surface area contributed by atoms with Crippen LogP contribution in [0, 0.1) is 11.7 Å². The SMILES string of the molecule is CC(C)COc1ccc(C=C2NC(=O)N(Cc3ccccc3F)C2=O)cc1.